The van der Waals surface area contributed by atoms with E-state index in [1.54, 1.807) is 0 Å². The largest absolute Gasteiger partial charge is 0.317 e. The molecule has 1 atom stereocenters. The van der Waals surface area contributed by atoms with Gasteiger partial charge < -0.3 is 5.32 Å². The molecule has 0 aliphatic heterocycles. The second-order valence-electron chi connectivity index (χ2n) is 5.92. The van der Waals surface area contributed by atoms with Crippen molar-refractivity contribution in [3.8, 4) is 0 Å². The molecule has 1 aromatic rings. The van der Waals surface area contributed by atoms with Crippen molar-refractivity contribution in [1.29, 1.82) is 0 Å². The summed E-state index contributed by atoms with van der Waals surface area (Å²) in [5.74, 6) is 0.960. The minimum absolute atomic E-state index is 0.649. The van der Waals surface area contributed by atoms with Crippen LogP contribution in [0.15, 0.2) is 24.3 Å². The monoisotopic (exact) mass is 245 g/mol. The predicted molar refractivity (Wildman–Crippen MR) is 78.9 cm³/mol. The van der Waals surface area contributed by atoms with Gasteiger partial charge in [-0.3, -0.25) is 0 Å². The maximum absolute atomic E-state index is 3.51. The van der Waals surface area contributed by atoms with Gasteiger partial charge in [-0.25, -0.2) is 0 Å². The first-order valence-electron chi connectivity index (χ1n) is 7.50. The molecule has 1 aliphatic rings. The van der Waals surface area contributed by atoms with Gasteiger partial charge in [0.15, 0.2) is 0 Å². The molecule has 0 amide bonds. The highest BCUT2D eigenvalue weighted by atomic mass is 14.9. The first-order valence-corrected chi connectivity index (χ1v) is 7.50. The molecule has 1 heteroatoms. The van der Waals surface area contributed by atoms with Crippen LogP contribution in [0.25, 0.3) is 0 Å². The summed E-state index contributed by atoms with van der Waals surface area (Å²) in [5.41, 5.74) is 2.82. The zero-order chi connectivity index (χ0) is 12.8. The molecule has 18 heavy (non-hydrogen) atoms. The third-order valence-corrected chi connectivity index (χ3v) is 4.35. The molecule has 1 aliphatic carbocycles. The Labute approximate surface area is 112 Å². The first kappa shape index (κ1) is 13.6. The fourth-order valence-electron chi connectivity index (χ4n) is 3.14. The lowest BCUT2D eigenvalue weighted by Crippen LogP contribution is -2.30. The fraction of sp³-hybridized carbons (Fsp3) is 0.647. The Morgan fingerprint density at radius 2 is 1.78 bits per heavy atom. The number of nitrogens with one attached hydrogen (secondary N) is 1. The van der Waals surface area contributed by atoms with Gasteiger partial charge in [0.2, 0.25) is 0 Å². The van der Waals surface area contributed by atoms with Gasteiger partial charge in [0.25, 0.3) is 0 Å². The molecular weight excluding hydrogens is 218 g/mol. The average molecular weight is 245 g/mol. The zero-order valence-electron chi connectivity index (χ0n) is 11.9. The molecule has 1 fully saturated rings. The Balaban J connectivity index is 1.86. The smallest absolute Gasteiger partial charge is 0.0107 e. The van der Waals surface area contributed by atoms with Crippen LogP contribution in [-0.2, 0) is 6.42 Å². The van der Waals surface area contributed by atoms with E-state index in [0.717, 1.165) is 5.92 Å². The lowest BCUT2D eigenvalue weighted by Gasteiger charge is -2.26. The molecule has 1 saturated carbocycles. The standard InChI is InChI=1S/C17H27N/c1-14-8-10-16(11-9-14)13-17(18-2)12-15-6-4-3-5-7-15/h8-11,15,17-18H,3-7,12-13H2,1-2H3. The highest BCUT2D eigenvalue weighted by Crippen LogP contribution is 2.28. The van der Waals surface area contributed by atoms with E-state index >= 15 is 0 Å². The quantitative estimate of drug-likeness (QED) is 0.823. The van der Waals surface area contributed by atoms with Gasteiger partial charge in [0.05, 0.1) is 0 Å². The molecule has 1 aromatic carbocycles. The molecule has 0 radical (unpaired) electrons. The van der Waals surface area contributed by atoms with Crippen LogP contribution in [0.1, 0.15) is 49.7 Å². The Hall–Kier alpha value is -0.820. The minimum atomic E-state index is 0.649. The van der Waals surface area contributed by atoms with Crippen molar-refractivity contribution in [3.63, 3.8) is 0 Å². The summed E-state index contributed by atoms with van der Waals surface area (Å²) in [6.45, 7) is 2.15. The van der Waals surface area contributed by atoms with Crippen molar-refractivity contribution in [3.05, 3.63) is 35.4 Å². The molecule has 0 spiro atoms. The van der Waals surface area contributed by atoms with Crippen LogP contribution in [0.5, 0.6) is 0 Å². The van der Waals surface area contributed by atoms with Gasteiger partial charge in [-0.2, -0.15) is 0 Å². The number of hydrogen-bond acceptors (Lipinski definition) is 1. The molecule has 0 bridgehead atoms. The zero-order valence-corrected chi connectivity index (χ0v) is 11.9. The number of benzene rings is 1. The van der Waals surface area contributed by atoms with Crippen molar-refractivity contribution in [2.24, 2.45) is 5.92 Å². The van der Waals surface area contributed by atoms with Crippen LogP contribution in [0.3, 0.4) is 0 Å². The summed E-state index contributed by atoms with van der Waals surface area (Å²) < 4.78 is 0. The van der Waals surface area contributed by atoms with E-state index in [2.05, 4.69) is 43.6 Å². The van der Waals surface area contributed by atoms with Crippen molar-refractivity contribution in [2.75, 3.05) is 7.05 Å². The first-order chi connectivity index (χ1) is 8.78. The molecule has 1 unspecified atom stereocenters. The summed E-state index contributed by atoms with van der Waals surface area (Å²) in [4.78, 5) is 0. The van der Waals surface area contributed by atoms with E-state index in [1.807, 2.05) is 0 Å². The van der Waals surface area contributed by atoms with Crippen molar-refractivity contribution < 1.29 is 0 Å². The topological polar surface area (TPSA) is 12.0 Å². The molecule has 0 aromatic heterocycles. The fourth-order valence-corrected chi connectivity index (χ4v) is 3.14. The Morgan fingerprint density at radius 3 is 2.39 bits per heavy atom. The van der Waals surface area contributed by atoms with E-state index < -0.39 is 0 Å². The lowest BCUT2D eigenvalue weighted by molar-refractivity contribution is 0.302. The summed E-state index contributed by atoms with van der Waals surface area (Å²) in [6.07, 6.45) is 9.78. The molecular formula is C17H27N. The van der Waals surface area contributed by atoms with Gasteiger partial charge in [0.1, 0.15) is 0 Å². The van der Waals surface area contributed by atoms with Crippen molar-refractivity contribution >= 4 is 0 Å². The Bertz CT molecular complexity index is 335. The SMILES string of the molecule is CNC(Cc1ccc(C)cc1)CC1CCCCC1. The third-order valence-electron chi connectivity index (χ3n) is 4.35. The molecule has 1 N–H and O–H groups in total. The maximum Gasteiger partial charge on any atom is 0.0107 e. The molecule has 1 nitrogen and oxygen atoms in total. The van der Waals surface area contributed by atoms with Gasteiger partial charge in [-0.05, 0) is 38.3 Å². The van der Waals surface area contributed by atoms with Crippen molar-refractivity contribution in [1.82, 2.24) is 5.32 Å². The molecule has 0 saturated heterocycles. The Kier molecular flexibility index (Phi) is 5.25. The van der Waals surface area contributed by atoms with E-state index in [9.17, 15) is 0 Å². The van der Waals surface area contributed by atoms with Crippen LogP contribution in [0.2, 0.25) is 0 Å². The minimum Gasteiger partial charge on any atom is -0.317 e. The van der Waals surface area contributed by atoms with Crippen LogP contribution in [-0.4, -0.2) is 13.1 Å². The third kappa shape index (κ3) is 4.13. The maximum atomic E-state index is 3.51. The number of rotatable bonds is 5. The predicted octanol–water partition coefficient (Wildman–Crippen LogP) is 4.10. The molecule has 0 heterocycles. The van der Waals surface area contributed by atoms with E-state index in [0.29, 0.717) is 6.04 Å². The highest BCUT2D eigenvalue weighted by molar-refractivity contribution is 5.22. The molecule has 2 rings (SSSR count). The van der Waals surface area contributed by atoms with E-state index in [-0.39, 0.29) is 0 Å². The second kappa shape index (κ2) is 6.94. The van der Waals surface area contributed by atoms with Gasteiger partial charge in [-0.15, -0.1) is 0 Å². The number of likely N-dealkylation sites (N-methyl/N-ethyl adjacent to an activating group) is 1. The van der Waals surface area contributed by atoms with Crippen molar-refractivity contribution in [2.45, 2.75) is 57.9 Å². The summed E-state index contributed by atoms with van der Waals surface area (Å²) in [7, 11) is 2.11. The highest BCUT2D eigenvalue weighted by Gasteiger charge is 2.18. The average Bonchev–Trinajstić information content (AvgIpc) is 2.41. The summed E-state index contributed by atoms with van der Waals surface area (Å²) in [5, 5.41) is 3.51. The van der Waals surface area contributed by atoms with Crippen LogP contribution in [0, 0.1) is 12.8 Å². The van der Waals surface area contributed by atoms with Crippen LogP contribution >= 0.6 is 0 Å². The second-order valence-corrected chi connectivity index (χ2v) is 5.92. The Morgan fingerprint density at radius 1 is 1.11 bits per heavy atom. The van der Waals surface area contributed by atoms with Gasteiger partial charge in [0, 0.05) is 6.04 Å². The van der Waals surface area contributed by atoms with E-state index in [1.165, 1.54) is 56.1 Å². The molecule has 100 valence electrons. The van der Waals surface area contributed by atoms with E-state index in [4.69, 9.17) is 0 Å². The van der Waals surface area contributed by atoms with Crippen LogP contribution < -0.4 is 5.32 Å². The number of hydrogen-bond donors (Lipinski definition) is 1. The normalized spacial score (nSPS) is 18.8. The van der Waals surface area contributed by atoms with Gasteiger partial charge in [-0.1, -0.05) is 61.9 Å². The lowest BCUT2D eigenvalue weighted by atomic mass is 9.83. The van der Waals surface area contributed by atoms with Crippen LogP contribution in [0.4, 0.5) is 0 Å². The number of aryl methyl sites for hydroxylation is 1. The summed E-state index contributed by atoms with van der Waals surface area (Å²) in [6, 6.07) is 9.66. The summed E-state index contributed by atoms with van der Waals surface area (Å²) >= 11 is 0. The van der Waals surface area contributed by atoms with Gasteiger partial charge >= 0.3 is 0 Å².